The Labute approximate surface area is 117 Å². The van der Waals surface area contributed by atoms with Crippen molar-refractivity contribution in [2.75, 3.05) is 13.1 Å². The largest absolute Gasteiger partial charge is 0.388 e. The summed E-state index contributed by atoms with van der Waals surface area (Å²) in [5, 5.41) is 10.6. The van der Waals surface area contributed by atoms with Gasteiger partial charge in [0.25, 0.3) is 0 Å². The standard InChI is InChI=1S/C17H27NO/c1-13-10-14(2)18(11-13)12-17(3,4)16(19)15-8-6-5-7-9-15/h5-9,13-14,16,19H,10-12H2,1-4H3. The molecule has 0 saturated carbocycles. The van der Waals surface area contributed by atoms with Crippen molar-refractivity contribution in [2.45, 2.75) is 46.3 Å². The second-order valence-corrected chi connectivity index (χ2v) is 6.92. The van der Waals surface area contributed by atoms with Crippen LogP contribution in [0, 0.1) is 11.3 Å². The van der Waals surface area contributed by atoms with E-state index in [9.17, 15) is 5.11 Å². The Morgan fingerprint density at radius 2 is 1.89 bits per heavy atom. The molecule has 2 rings (SSSR count). The van der Waals surface area contributed by atoms with Crippen LogP contribution in [0.5, 0.6) is 0 Å². The molecule has 2 nitrogen and oxygen atoms in total. The molecular formula is C17H27NO. The van der Waals surface area contributed by atoms with Gasteiger partial charge in [-0.1, -0.05) is 51.1 Å². The second kappa shape index (κ2) is 5.64. The molecule has 106 valence electrons. The highest BCUT2D eigenvalue weighted by atomic mass is 16.3. The molecule has 3 unspecified atom stereocenters. The third kappa shape index (κ3) is 3.37. The van der Waals surface area contributed by atoms with Gasteiger partial charge in [-0.3, -0.25) is 4.90 Å². The first-order valence-corrected chi connectivity index (χ1v) is 7.37. The fraction of sp³-hybridized carbons (Fsp3) is 0.647. The number of benzene rings is 1. The van der Waals surface area contributed by atoms with E-state index in [1.165, 1.54) is 6.42 Å². The van der Waals surface area contributed by atoms with Crippen LogP contribution < -0.4 is 0 Å². The first kappa shape index (κ1) is 14.5. The van der Waals surface area contributed by atoms with Crippen molar-refractivity contribution in [3.63, 3.8) is 0 Å². The first-order chi connectivity index (χ1) is 8.90. The van der Waals surface area contributed by atoms with Gasteiger partial charge in [0.15, 0.2) is 0 Å². The molecule has 0 spiro atoms. The molecule has 1 saturated heterocycles. The minimum absolute atomic E-state index is 0.125. The Bertz CT molecular complexity index is 401. The Balaban J connectivity index is 2.05. The van der Waals surface area contributed by atoms with Crippen LogP contribution in [0.15, 0.2) is 30.3 Å². The third-order valence-electron chi connectivity index (χ3n) is 4.38. The number of hydrogen-bond acceptors (Lipinski definition) is 2. The molecule has 1 aliphatic heterocycles. The molecule has 0 bridgehead atoms. The normalized spacial score (nSPS) is 26.6. The monoisotopic (exact) mass is 261 g/mol. The molecule has 2 heteroatoms. The van der Waals surface area contributed by atoms with Crippen LogP contribution in [0.4, 0.5) is 0 Å². The minimum Gasteiger partial charge on any atom is -0.388 e. The molecule has 0 radical (unpaired) electrons. The summed E-state index contributed by atoms with van der Waals surface area (Å²) in [6.07, 6.45) is 0.870. The average Bonchev–Trinajstić information content (AvgIpc) is 2.67. The van der Waals surface area contributed by atoms with E-state index in [4.69, 9.17) is 0 Å². The maximum atomic E-state index is 10.6. The number of hydrogen-bond donors (Lipinski definition) is 1. The van der Waals surface area contributed by atoms with Gasteiger partial charge in [-0.15, -0.1) is 0 Å². The third-order valence-corrected chi connectivity index (χ3v) is 4.38. The summed E-state index contributed by atoms with van der Waals surface area (Å²) in [7, 11) is 0. The van der Waals surface area contributed by atoms with Gasteiger partial charge in [-0.05, 0) is 24.8 Å². The van der Waals surface area contributed by atoms with Crippen LogP contribution in [0.2, 0.25) is 0 Å². The van der Waals surface area contributed by atoms with Crippen molar-refractivity contribution in [2.24, 2.45) is 11.3 Å². The highest BCUT2D eigenvalue weighted by molar-refractivity contribution is 5.19. The Hall–Kier alpha value is -0.860. The van der Waals surface area contributed by atoms with Crippen LogP contribution in [0.25, 0.3) is 0 Å². The summed E-state index contributed by atoms with van der Waals surface area (Å²) in [5.74, 6) is 0.777. The van der Waals surface area contributed by atoms with Crippen molar-refractivity contribution in [3.8, 4) is 0 Å². The summed E-state index contributed by atoms with van der Waals surface area (Å²) in [4.78, 5) is 2.52. The Morgan fingerprint density at radius 1 is 1.26 bits per heavy atom. The van der Waals surface area contributed by atoms with Crippen LogP contribution in [0.1, 0.15) is 45.8 Å². The molecular weight excluding hydrogens is 234 g/mol. The lowest BCUT2D eigenvalue weighted by atomic mass is 9.82. The number of aliphatic hydroxyl groups is 1. The number of likely N-dealkylation sites (tertiary alicyclic amines) is 1. The Morgan fingerprint density at radius 3 is 2.42 bits per heavy atom. The summed E-state index contributed by atoms with van der Waals surface area (Å²) in [5.41, 5.74) is 0.895. The molecule has 0 aliphatic carbocycles. The summed E-state index contributed by atoms with van der Waals surface area (Å²) in [6.45, 7) is 11.1. The number of nitrogens with zero attached hydrogens (tertiary/aromatic N) is 1. The molecule has 3 atom stereocenters. The van der Waals surface area contributed by atoms with Gasteiger partial charge in [0.2, 0.25) is 0 Å². The average molecular weight is 261 g/mol. The lowest BCUT2D eigenvalue weighted by Crippen LogP contribution is -2.39. The maximum absolute atomic E-state index is 10.6. The van der Waals surface area contributed by atoms with Gasteiger partial charge < -0.3 is 5.11 Å². The summed E-state index contributed by atoms with van der Waals surface area (Å²) >= 11 is 0. The molecule has 1 aromatic carbocycles. The van der Waals surface area contributed by atoms with Gasteiger partial charge in [0, 0.05) is 24.5 Å². The molecule has 0 amide bonds. The van der Waals surface area contributed by atoms with Crippen LogP contribution >= 0.6 is 0 Å². The van der Waals surface area contributed by atoms with Gasteiger partial charge >= 0.3 is 0 Å². The molecule has 1 N–H and O–H groups in total. The van der Waals surface area contributed by atoms with E-state index in [0.29, 0.717) is 6.04 Å². The van der Waals surface area contributed by atoms with Gasteiger partial charge in [0.1, 0.15) is 0 Å². The minimum atomic E-state index is -0.406. The Kier molecular flexibility index (Phi) is 4.32. The van der Waals surface area contributed by atoms with E-state index in [0.717, 1.165) is 24.6 Å². The summed E-state index contributed by atoms with van der Waals surface area (Å²) in [6, 6.07) is 10.7. The van der Waals surface area contributed by atoms with Crippen molar-refractivity contribution < 1.29 is 5.11 Å². The van der Waals surface area contributed by atoms with Crippen molar-refractivity contribution in [1.82, 2.24) is 4.90 Å². The fourth-order valence-electron chi connectivity index (χ4n) is 3.30. The predicted octanol–water partition coefficient (Wildman–Crippen LogP) is 3.48. The van der Waals surface area contributed by atoms with Gasteiger partial charge in [0.05, 0.1) is 6.10 Å². The maximum Gasteiger partial charge on any atom is 0.0853 e. The quantitative estimate of drug-likeness (QED) is 0.897. The van der Waals surface area contributed by atoms with Gasteiger partial charge in [-0.2, -0.15) is 0 Å². The zero-order valence-corrected chi connectivity index (χ0v) is 12.6. The van der Waals surface area contributed by atoms with Crippen LogP contribution in [-0.4, -0.2) is 29.1 Å². The topological polar surface area (TPSA) is 23.5 Å². The van der Waals surface area contributed by atoms with Crippen molar-refractivity contribution in [1.29, 1.82) is 0 Å². The van der Waals surface area contributed by atoms with Crippen LogP contribution in [-0.2, 0) is 0 Å². The SMILES string of the molecule is CC1CC(C)N(CC(C)(C)C(O)c2ccccc2)C1. The summed E-state index contributed by atoms with van der Waals surface area (Å²) < 4.78 is 0. The van der Waals surface area contributed by atoms with E-state index >= 15 is 0 Å². The number of rotatable bonds is 4. The molecule has 1 fully saturated rings. The van der Waals surface area contributed by atoms with Crippen molar-refractivity contribution >= 4 is 0 Å². The number of aliphatic hydroxyl groups excluding tert-OH is 1. The van der Waals surface area contributed by atoms with E-state index in [2.05, 4.69) is 32.6 Å². The molecule has 1 heterocycles. The smallest absolute Gasteiger partial charge is 0.0853 e. The lowest BCUT2D eigenvalue weighted by molar-refractivity contribution is 0.0181. The zero-order valence-electron chi connectivity index (χ0n) is 12.6. The van der Waals surface area contributed by atoms with E-state index in [1.807, 2.05) is 30.3 Å². The predicted molar refractivity (Wildman–Crippen MR) is 80.0 cm³/mol. The highest BCUT2D eigenvalue weighted by Crippen LogP contribution is 2.36. The highest BCUT2D eigenvalue weighted by Gasteiger charge is 2.35. The van der Waals surface area contributed by atoms with E-state index in [-0.39, 0.29) is 5.41 Å². The fourth-order valence-corrected chi connectivity index (χ4v) is 3.30. The zero-order chi connectivity index (χ0) is 14.0. The van der Waals surface area contributed by atoms with Gasteiger partial charge in [-0.25, -0.2) is 0 Å². The molecule has 1 aromatic rings. The first-order valence-electron chi connectivity index (χ1n) is 7.37. The second-order valence-electron chi connectivity index (χ2n) is 6.92. The lowest BCUT2D eigenvalue weighted by Gasteiger charge is -2.36. The molecule has 1 aliphatic rings. The molecule has 0 aromatic heterocycles. The van der Waals surface area contributed by atoms with E-state index < -0.39 is 6.10 Å². The van der Waals surface area contributed by atoms with Crippen molar-refractivity contribution in [3.05, 3.63) is 35.9 Å². The van der Waals surface area contributed by atoms with Crippen LogP contribution in [0.3, 0.4) is 0 Å². The molecule has 19 heavy (non-hydrogen) atoms. The van der Waals surface area contributed by atoms with E-state index in [1.54, 1.807) is 0 Å².